The number of nitrogens with one attached hydrogen (secondary N) is 1. The molecule has 4 aromatic rings. The molecule has 0 fully saturated rings. The zero-order valence-electron chi connectivity index (χ0n) is 26.0. The summed E-state index contributed by atoms with van der Waals surface area (Å²) in [6.07, 6.45) is 0.200. The molecule has 11 heteroatoms. The zero-order chi connectivity index (χ0) is 33.6. The average molecular weight is 746 g/mol. The fourth-order valence-electron chi connectivity index (χ4n) is 4.87. The Morgan fingerprint density at radius 2 is 1.50 bits per heavy atom. The van der Waals surface area contributed by atoms with Gasteiger partial charge in [-0.25, -0.2) is 8.42 Å². The molecule has 0 aromatic heterocycles. The molecule has 4 rings (SSSR count). The van der Waals surface area contributed by atoms with E-state index in [0.29, 0.717) is 0 Å². The van der Waals surface area contributed by atoms with Crippen molar-refractivity contribution in [3.05, 3.63) is 128 Å². The van der Waals surface area contributed by atoms with Crippen LogP contribution in [0, 0.1) is 6.92 Å². The molecule has 2 amide bonds. The van der Waals surface area contributed by atoms with Gasteiger partial charge < -0.3 is 10.2 Å². The van der Waals surface area contributed by atoms with Crippen LogP contribution < -0.4 is 9.62 Å². The number of carbonyl (C=O) groups excluding carboxylic acids is 2. The van der Waals surface area contributed by atoms with Gasteiger partial charge in [0.05, 0.1) is 20.6 Å². The van der Waals surface area contributed by atoms with Crippen LogP contribution in [-0.4, -0.2) is 43.3 Å². The molecule has 0 saturated carbocycles. The monoisotopic (exact) mass is 743 g/mol. The maximum atomic E-state index is 14.6. The van der Waals surface area contributed by atoms with E-state index in [9.17, 15) is 18.0 Å². The number of rotatable bonds is 11. The highest BCUT2D eigenvalue weighted by Crippen LogP contribution is 2.36. The van der Waals surface area contributed by atoms with Gasteiger partial charge in [-0.3, -0.25) is 13.9 Å². The fourth-order valence-corrected chi connectivity index (χ4v) is 7.20. The van der Waals surface area contributed by atoms with E-state index >= 15 is 0 Å². The molecule has 0 radical (unpaired) electrons. The van der Waals surface area contributed by atoms with Gasteiger partial charge in [-0.15, -0.1) is 0 Å². The highest BCUT2D eigenvalue weighted by molar-refractivity contribution is 9.10. The first-order chi connectivity index (χ1) is 21.7. The highest BCUT2D eigenvalue weighted by Gasteiger charge is 2.36. The summed E-state index contributed by atoms with van der Waals surface area (Å²) in [4.78, 5) is 30.0. The average Bonchev–Trinajstić information content (AvgIpc) is 2.99. The fraction of sp³-hybridized carbons (Fsp3) is 0.257. The first kappa shape index (κ1) is 35.5. The SMILES string of the molecule is Cc1ccc(S(=O)(=O)N(CC(=O)N(Cc2cccc(Br)c2)C(Cc2ccccc2)C(=O)NC(C)(C)C)c2cccc(Cl)c2Cl)cc1. The van der Waals surface area contributed by atoms with Crippen LogP contribution in [0.5, 0.6) is 0 Å². The summed E-state index contributed by atoms with van der Waals surface area (Å²) in [5, 5.41) is 3.14. The molecule has 0 saturated heterocycles. The molecule has 46 heavy (non-hydrogen) atoms. The van der Waals surface area contributed by atoms with E-state index in [2.05, 4.69) is 21.2 Å². The number of anilines is 1. The minimum absolute atomic E-state index is 0.0162. The van der Waals surface area contributed by atoms with Gasteiger partial charge in [0.15, 0.2) is 0 Å². The molecule has 1 atom stereocenters. The predicted octanol–water partition coefficient (Wildman–Crippen LogP) is 7.81. The van der Waals surface area contributed by atoms with Crippen molar-refractivity contribution < 1.29 is 18.0 Å². The Labute approximate surface area is 289 Å². The number of carbonyl (C=O) groups is 2. The molecule has 0 heterocycles. The van der Waals surface area contributed by atoms with Crippen LogP contribution in [0.15, 0.2) is 106 Å². The largest absolute Gasteiger partial charge is 0.350 e. The van der Waals surface area contributed by atoms with Crippen LogP contribution in [-0.2, 0) is 32.6 Å². The maximum Gasteiger partial charge on any atom is 0.264 e. The number of amides is 2. The normalized spacial score (nSPS) is 12.3. The number of hydrogen-bond acceptors (Lipinski definition) is 4. The number of hydrogen-bond donors (Lipinski definition) is 1. The van der Waals surface area contributed by atoms with Crippen molar-refractivity contribution in [1.29, 1.82) is 0 Å². The lowest BCUT2D eigenvalue weighted by atomic mass is 10.0. The molecule has 0 aliphatic rings. The number of halogens is 3. The number of benzene rings is 4. The van der Waals surface area contributed by atoms with Crippen molar-refractivity contribution in [3.63, 3.8) is 0 Å². The van der Waals surface area contributed by atoms with Gasteiger partial charge in [0.2, 0.25) is 11.8 Å². The van der Waals surface area contributed by atoms with Crippen LogP contribution >= 0.6 is 39.1 Å². The second kappa shape index (κ2) is 15.0. The summed E-state index contributed by atoms with van der Waals surface area (Å²) in [6, 6.07) is 26.7. The van der Waals surface area contributed by atoms with Crippen LogP contribution in [0.25, 0.3) is 0 Å². The van der Waals surface area contributed by atoms with Gasteiger partial charge in [-0.2, -0.15) is 0 Å². The zero-order valence-corrected chi connectivity index (χ0v) is 29.9. The maximum absolute atomic E-state index is 14.6. The molecule has 0 bridgehead atoms. The van der Waals surface area contributed by atoms with Crippen molar-refractivity contribution in [2.75, 3.05) is 10.8 Å². The van der Waals surface area contributed by atoms with Gasteiger partial charge >= 0.3 is 0 Å². The van der Waals surface area contributed by atoms with E-state index in [1.165, 1.54) is 29.2 Å². The summed E-state index contributed by atoms with van der Waals surface area (Å²) >= 11 is 16.4. The molecule has 0 aliphatic heterocycles. The van der Waals surface area contributed by atoms with E-state index in [-0.39, 0.29) is 39.5 Å². The Morgan fingerprint density at radius 3 is 2.13 bits per heavy atom. The Kier molecular flexibility index (Phi) is 11.6. The van der Waals surface area contributed by atoms with Crippen molar-refractivity contribution in [2.24, 2.45) is 0 Å². The quantitative estimate of drug-likeness (QED) is 0.170. The minimum atomic E-state index is -4.32. The Balaban J connectivity index is 1.85. The topological polar surface area (TPSA) is 86.8 Å². The molecule has 7 nitrogen and oxygen atoms in total. The lowest BCUT2D eigenvalue weighted by Gasteiger charge is -2.35. The third kappa shape index (κ3) is 9.12. The van der Waals surface area contributed by atoms with Crippen LogP contribution in [0.3, 0.4) is 0 Å². The molecule has 1 N–H and O–H groups in total. The van der Waals surface area contributed by atoms with E-state index in [1.807, 2.05) is 82.3 Å². The molecule has 1 unspecified atom stereocenters. The number of aryl methyl sites for hydroxylation is 1. The smallest absolute Gasteiger partial charge is 0.264 e. The first-order valence-corrected chi connectivity index (χ1v) is 17.6. The third-order valence-electron chi connectivity index (χ3n) is 7.10. The molecule has 0 spiro atoms. The van der Waals surface area contributed by atoms with Crippen molar-refractivity contribution >= 4 is 66.7 Å². The second-order valence-corrected chi connectivity index (χ2v) is 15.6. The van der Waals surface area contributed by atoms with E-state index in [4.69, 9.17) is 23.2 Å². The van der Waals surface area contributed by atoms with Crippen LogP contribution in [0.1, 0.15) is 37.5 Å². The van der Waals surface area contributed by atoms with E-state index in [0.717, 1.165) is 25.5 Å². The van der Waals surface area contributed by atoms with E-state index < -0.39 is 34.1 Å². The lowest BCUT2D eigenvalue weighted by Crippen LogP contribution is -2.56. The predicted molar refractivity (Wildman–Crippen MR) is 189 cm³/mol. The van der Waals surface area contributed by atoms with Crippen LogP contribution in [0.2, 0.25) is 10.0 Å². The van der Waals surface area contributed by atoms with Gasteiger partial charge in [-0.1, -0.05) is 105 Å². The summed E-state index contributed by atoms with van der Waals surface area (Å²) in [5.41, 5.74) is 1.91. The molecular formula is C35H36BrCl2N3O4S. The Morgan fingerprint density at radius 1 is 0.870 bits per heavy atom. The number of sulfonamides is 1. The standard InChI is InChI=1S/C35H36BrCl2N3O4S/c1-24-16-18-28(19-17-24)46(44,45)41(30-15-9-14-29(37)33(30)38)23-32(42)40(22-26-12-8-13-27(36)20-26)31(34(43)39-35(2,3)4)21-25-10-6-5-7-11-25/h5-20,31H,21-23H2,1-4H3,(H,39,43). The van der Waals surface area contributed by atoms with Crippen molar-refractivity contribution in [3.8, 4) is 0 Å². The highest BCUT2D eigenvalue weighted by atomic mass is 79.9. The molecule has 4 aromatic carbocycles. The van der Waals surface area contributed by atoms with Gasteiger partial charge in [-0.05, 0) is 75.2 Å². The Bertz CT molecular complexity index is 1800. The van der Waals surface area contributed by atoms with Gasteiger partial charge in [0.1, 0.15) is 12.6 Å². The minimum Gasteiger partial charge on any atom is -0.350 e. The summed E-state index contributed by atoms with van der Waals surface area (Å²) in [5.74, 6) is -0.967. The summed E-state index contributed by atoms with van der Waals surface area (Å²) in [6.45, 7) is 6.83. The summed E-state index contributed by atoms with van der Waals surface area (Å²) < 4.78 is 30.2. The van der Waals surface area contributed by atoms with E-state index in [1.54, 1.807) is 18.2 Å². The summed E-state index contributed by atoms with van der Waals surface area (Å²) in [7, 11) is -4.32. The van der Waals surface area contributed by atoms with Crippen molar-refractivity contribution in [2.45, 2.75) is 57.1 Å². The molecular weight excluding hydrogens is 709 g/mol. The molecule has 0 aliphatic carbocycles. The van der Waals surface area contributed by atoms with Crippen molar-refractivity contribution in [1.82, 2.24) is 10.2 Å². The van der Waals surface area contributed by atoms with Gasteiger partial charge in [0, 0.05) is 23.0 Å². The third-order valence-corrected chi connectivity index (χ3v) is 10.2. The van der Waals surface area contributed by atoms with Crippen LogP contribution in [0.4, 0.5) is 5.69 Å². The second-order valence-electron chi connectivity index (χ2n) is 12.0. The lowest BCUT2D eigenvalue weighted by molar-refractivity contribution is -0.140. The molecule has 242 valence electrons. The van der Waals surface area contributed by atoms with Gasteiger partial charge in [0.25, 0.3) is 10.0 Å². The number of nitrogens with zero attached hydrogens (tertiary/aromatic N) is 2. The Hall–Kier alpha value is -3.37. The first-order valence-electron chi connectivity index (χ1n) is 14.6.